The molecule has 1 unspecified atom stereocenters. The van der Waals surface area contributed by atoms with Crippen LogP contribution < -0.4 is 0 Å². The summed E-state index contributed by atoms with van der Waals surface area (Å²) in [4.78, 5) is 0. The number of ether oxygens (including phenoxy) is 1. The molecule has 1 atom stereocenters. The van der Waals surface area contributed by atoms with Crippen molar-refractivity contribution in [2.24, 2.45) is 0 Å². The van der Waals surface area contributed by atoms with E-state index < -0.39 is 0 Å². The average Bonchev–Trinajstić information content (AvgIpc) is 2.92. The molecule has 0 spiro atoms. The van der Waals surface area contributed by atoms with Gasteiger partial charge in [-0.3, -0.25) is 0 Å². The highest BCUT2D eigenvalue weighted by atomic mass is 16.5. The third-order valence-electron chi connectivity index (χ3n) is 5.93. The van der Waals surface area contributed by atoms with Gasteiger partial charge >= 0.3 is 0 Å². The summed E-state index contributed by atoms with van der Waals surface area (Å²) in [6.45, 7) is 11.9. The minimum absolute atomic E-state index is 0.285. The molecule has 22 heavy (non-hydrogen) atoms. The first-order valence-electron chi connectivity index (χ1n) is 8.64. The standard InChI is InChI=1S/C21H30O/c1-14-11-18-19(21(4,5)10-9-20(18,2)3)13-17(14)15-7-8-16(12-15)22-6/h11-13,16H,7-10H2,1-6H3. The maximum Gasteiger partial charge on any atom is 0.0761 e. The minimum atomic E-state index is 0.285. The van der Waals surface area contributed by atoms with Gasteiger partial charge in [0.05, 0.1) is 6.10 Å². The molecule has 0 aliphatic heterocycles. The molecule has 0 saturated carbocycles. The van der Waals surface area contributed by atoms with Crippen molar-refractivity contribution in [1.29, 1.82) is 0 Å². The molecule has 1 aromatic carbocycles. The minimum Gasteiger partial charge on any atom is -0.377 e. The van der Waals surface area contributed by atoms with Gasteiger partial charge in [0.1, 0.15) is 0 Å². The van der Waals surface area contributed by atoms with Crippen LogP contribution in [0.4, 0.5) is 0 Å². The van der Waals surface area contributed by atoms with Gasteiger partial charge in [-0.15, -0.1) is 0 Å². The molecule has 0 amide bonds. The highest BCUT2D eigenvalue weighted by molar-refractivity contribution is 5.72. The van der Waals surface area contributed by atoms with Crippen molar-refractivity contribution < 1.29 is 4.74 Å². The molecular formula is C21H30O. The number of hydrogen-bond acceptors (Lipinski definition) is 1. The maximum atomic E-state index is 5.51. The smallest absolute Gasteiger partial charge is 0.0761 e. The van der Waals surface area contributed by atoms with E-state index in [4.69, 9.17) is 4.74 Å². The van der Waals surface area contributed by atoms with Crippen molar-refractivity contribution in [2.45, 2.75) is 77.2 Å². The molecule has 0 N–H and O–H groups in total. The van der Waals surface area contributed by atoms with E-state index in [1.54, 1.807) is 11.1 Å². The second-order valence-electron chi connectivity index (χ2n) is 8.49. The summed E-state index contributed by atoms with van der Waals surface area (Å²) in [5.41, 5.74) is 8.06. The topological polar surface area (TPSA) is 9.23 Å². The Bertz CT molecular complexity index is 619. The first-order valence-corrected chi connectivity index (χ1v) is 8.64. The first kappa shape index (κ1) is 15.8. The van der Waals surface area contributed by atoms with Crippen LogP contribution in [0.5, 0.6) is 0 Å². The van der Waals surface area contributed by atoms with E-state index in [0.717, 1.165) is 12.8 Å². The predicted octanol–water partition coefficient (Wildman–Crippen LogP) is 5.54. The second-order valence-corrected chi connectivity index (χ2v) is 8.49. The first-order chi connectivity index (χ1) is 10.2. The van der Waals surface area contributed by atoms with Gasteiger partial charge in [0.2, 0.25) is 0 Å². The second kappa shape index (κ2) is 5.23. The van der Waals surface area contributed by atoms with Crippen molar-refractivity contribution in [1.82, 2.24) is 0 Å². The molecule has 3 rings (SSSR count). The Morgan fingerprint density at radius 1 is 1.00 bits per heavy atom. The van der Waals surface area contributed by atoms with Crippen molar-refractivity contribution in [3.63, 3.8) is 0 Å². The van der Waals surface area contributed by atoms with Crippen molar-refractivity contribution in [2.75, 3.05) is 7.11 Å². The molecule has 2 aliphatic carbocycles. The highest BCUT2D eigenvalue weighted by Crippen LogP contribution is 2.47. The van der Waals surface area contributed by atoms with Crippen LogP contribution in [0.3, 0.4) is 0 Å². The number of fused-ring (bicyclic) bond motifs is 1. The zero-order chi connectivity index (χ0) is 16.1. The summed E-state index contributed by atoms with van der Waals surface area (Å²) >= 11 is 0. The van der Waals surface area contributed by atoms with E-state index in [1.165, 1.54) is 29.5 Å². The van der Waals surface area contributed by atoms with Crippen LogP contribution in [0.25, 0.3) is 5.57 Å². The zero-order valence-electron chi connectivity index (χ0n) is 15.0. The van der Waals surface area contributed by atoms with Crippen LogP contribution in [0.15, 0.2) is 18.2 Å². The third kappa shape index (κ3) is 2.54. The molecule has 0 saturated heterocycles. The summed E-state index contributed by atoms with van der Waals surface area (Å²) in [7, 11) is 1.81. The van der Waals surface area contributed by atoms with Gasteiger partial charge in [-0.25, -0.2) is 0 Å². The molecule has 0 aromatic heterocycles. The third-order valence-corrected chi connectivity index (χ3v) is 5.93. The Morgan fingerprint density at radius 3 is 2.14 bits per heavy atom. The number of aryl methyl sites for hydroxylation is 1. The maximum absolute atomic E-state index is 5.51. The molecule has 1 aromatic rings. The van der Waals surface area contributed by atoms with Gasteiger partial charge in [-0.1, -0.05) is 45.9 Å². The van der Waals surface area contributed by atoms with Gasteiger partial charge < -0.3 is 4.74 Å². The van der Waals surface area contributed by atoms with Crippen molar-refractivity contribution in [3.05, 3.63) is 40.5 Å². The Kier molecular flexibility index (Phi) is 3.76. The van der Waals surface area contributed by atoms with E-state index in [-0.39, 0.29) is 5.41 Å². The van der Waals surface area contributed by atoms with Crippen LogP contribution >= 0.6 is 0 Å². The van der Waals surface area contributed by atoms with E-state index >= 15 is 0 Å². The molecule has 2 aliphatic rings. The van der Waals surface area contributed by atoms with Gasteiger partial charge in [-0.05, 0) is 71.3 Å². The van der Waals surface area contributed by atoms with E-state index in [2.05, 4.69) is 52.8 Å². The Balaban J connectivity index is 2.13. The largest absolute Gasteiger partial charge is 0.377 e. The Morgan fingerprint density at radius 2 is 1.59 bits per heavy atom. The fourth-order valence-corrected chi connectivity index (χ4v) is 4.17. The van der Waals surface area contributed by atoms with Crippen molar-refractivity contribution in [3.8, 4) is 0 Å². The molecule has 0 radical (unpaired) electrons. The molecule has 120 valence electrons. The Hall–Kier alpha value is -1.08. The predicted molar refractivity (Wildman–Crippen MR) is 94.5 cm³/mol. The molecule has 0 fully saturated rings. The lowest BCUT2D eigenvalue weighted by Gasteiger charge is -2.42. The summed E-state index contributed by atoms with van der Waals surface area (Å²) < 4.78 is 5.51. The molecular weight excluding hydrogens is 268 g/mol. The summed E-state index contributed by atoms with van der Waals surface area (Å²) in [6.07, 6.45) is 7.44. The summed E-state index contributed by atoms with van der Waals surface area (Å²) in [5, 5.41) is 0. The lowest BCUT2D eigenvalue weighted by molar-refractivity contribution is 0.141. The SMILES string of the molecule is COC1C=C(c2cc3c(cc2C)C(C)(C)CCC3(C)C)CC1. The van der Waals surface area contributed by atoms with E-state index in [1.807, 2.05) is 7.11 Å². The van der Waals surface area contributed by atoms with Crippen LogP contribution in [-0.4, -0.2) is 13.2 Å². The lowest BCUT2D eigenvalue weighted by atomic mass is 9.62. The van der Waals surface area contributed by atoms with Crippen LogP contribution in [0.1, 0.15) is 75.6 Å². The van der Waals surface area contributed by atoms with Gasteiger partial charge in [-0.2, -0.15) is 0 Å². The molecule has 0 heterocycles. The van der Waals surface area contributed by atoms with E-state index in [9.17, 15) is 0 Å². The highest BCUT2D eigenvalue weighted by Gasteiger charge is 2.37. The summed E-state index contributed by atoms with van der Waals surface area (Å²) in [5.74, 6) is 0. The number of hydrogen-bond donors (Lipinski definition) is 0. The van der Waals surface area contributed by atoms with E-state index in [0.29, 0.717) is 11.5 Å². The molecule has 1 heteroatoms. The number of rotatable bonds is 2. The van der Waals surface area contributed by atoms with Crippen molar-refractivity contribution >= 4 is 5.57 Å². The Labute approximate surface area is 135 Å². The van der Waals surface area contributed by atoms with Crippen LogP contribution in [0.2, 0.25) is 0 Å². The van der Waals surface area contributed by atoms with Gasteiger partial charge in [0.25, 0.3) is 0 Å². The molecule has 0 bridgehead atoms. The summed E-state index contributed by atoms with van der Waals surface area (Å²) in [6, 6.07) is 4.96. The van der Waals surface area contributed by atoms with Crippen LogP contribution in [0, 0.1) is 6.92 Å². The normalized spacial score (nSPS) is 25.7. The fraction of sp³-hybridized carbons (Fsp3) is 0.619. The van der Waals surface area contributed by atoms with Gasteiger partial charge in [0.15, 0.2) is 0 Å². The molecule has 1 nitrogen and oxygen atoms in total. The quantitative estimate of drug-likeness (QED) is 0.697. The van der Waals surface area contributed by atoms with Gasteiger partial charge in [0, 0.05) is 7.11 Å². The fourth-order valence-electron chi connectivity index (χ4n) is 4.17. The number of benzene rings is 1. The number of methoxy groups -OCH3 is 1. The lowest BCUT2D eigenvalue weighted by Crippen LogP contribution is -2.34. The van der Waals surface area contributed by atoms with Crippen LogP contribution in [-0.2, 0) is 15.6 Å². The zero-order valence-corrected chi connectivity index (χ0v) is 15.0. The monoisotopic (exact) mass is 298 g/mol. The average molecular weight is 298 g/mol. The number of allylic oxidation sites excluding steroid dienone is 1.